The van der Waals surface area contributed by atoms with Crippen LogP contribution in [-0.2, 0) is 9.84 Å². The molecule has 2 unspecified atom stereocenters. The van der Waals surface area contributed by atoms with Gasteiger partial charge in [0.1, 0.15) is 5.75 Å². The second-order valence-electron chi connectivity index (χ2n) is 5.05. The molecule has 1 N–H and O–H groups in total. The molecule has 112 valence electrons. The molecule has 1 aliphatic rings. The molecular formula is C14H20ClNO3S. The molecule has 0 aliphatic carbocycles. The Bertz CT molecular complexity index is 574. The molecule has 1 saturated heterocycles. The fourth-order valence-corrected chi connectivity index (χ4v) is 5.16. The van der Waals surface area contributed by atoms with E-state index in [1.54, 1.807) is 32.4 Å². The van der Waals surface area contributed by atoms with Gasteiger partial charge in [0.05, 0.1) is 24.2 Å². The van der Waals surface area contributed by atoms with Gasteiger partial charge < -0.3 is 10.1 Å². The van der Waals surface area contributed by atoms with Crippen molar-refractivity contribution in [3.63, 3.8) is 0 Å². The van der Waals surface area contributed by atoms with Gasteiger partial charge in [-0.3, -0.25) is 0 Å². The lowest BCUT2D eigenvalue weighted by atomic mass is 9.98. The maximum atomic E-state index is 12.3. The van der Waals surface area contributed by atoms with Crippen LogP contribution < -0.4 is 10.1 Å². The fourth-order valence-electron chi connectivity index (χ4n) is 2.84. The summed E-state index contributed by atoms with van der Waals surface area (Å²) in [4.78, 5) is 0. The van der Waals surface area contributed by atoms with Crippen molar-refractivity contribution < 1.29 is 13.2 Å². The van der Waals surface area contributed by atoms with E-state index in [4.69, 9.17) is 16.3 Å². The summed E-state index contributed by atoms with van der Waals surface area (Å²) in [6, 6.07) is 5.00. The highest BCUT2D eigenvalue weighted by Crippen LogP contribution is 2.36. The third-order valence-corrected chi connectivity index (χ3v) is 6.36. The topological polar surface area (TPSA) is 55.4 Å². The summed E-state index contributed by atoms with van der Waals surface area (Å²) in [6.45, 7) is 0. The minimum absolute atomic E-state index is 0.263. The van der Waals surface area contributed by atoms with Gasteiger partial charge in [0.2, 0.25) is 0 Å². The Hall–Kier alpha value is -0.780. The smallest absolute Gasteiger partial charge is 0.155 e. The number of ether oxygens (including phenoxy) is 1. The van der Waals surface area contributed by atoms with E-state index in [2.05, 4.69) is 5.32 Å². The number of nitrogens with one attached hydrogen (secondary N) is 1. The van der Waals surface area contributed by atoms with Crippen LogP contribution >= 0.6 is 11.6 Å². The molecule has 1 fully saturated rings. The van der Waals surface area contributed by atoms with Crippen LogP contribution in [0.15, 0.2) is 18.2 Å². The van der Waals surface area contributed by atoms with E-state index in [9.17, 15) is 8.42 Å². The molecule has 0 aromatic heterocycles. The number of hydrogen-bond donors (Lipinski definition) is 1. The molecule has 0 bridgehead atoms. The van der Waals surface area contributed by atoms with Gasteiger partial charge in [-0.15, -0.1) is 0 Å². The van der Waals surface area contributed by atoms with E-state index in [-0.39, 0.29) is 11.8 Å². The Kier molecular flexibility index (Phi) is 4.94. The van der Waals surface area contributed by atoms with E-state index < -0.39 is 15.1 Å². The summed E-state index contributed by atoms with van der Waals surface area (Å²) in [5, 5.41) is 3.28. The van der Waals surface area contributed by atoms with Crippen molar-refractivity contribution in [2.45, 2.75) is 30.6 Å². The van der Waals surface area contributed by atoms with Gasteiger partial charge in [0, 0.05) is 10.6 Å². The van der Waals surface area contributed by atoms with Crippen molar-refractivity contribution in [2.24, 2.45) is 0 Å². The molecule has 1 aromatic rings. The Morgan fingerprint density at radius 1 is 1.40 bits per heavy atom. The number of sulfone groups is 1. The first-order valence-electron chi connectivity index (χ1n) is 6.72. The van der Waals surface area contributed by atoms with E-state index in [1.165, 1.54) is 0 Å². The highest BCUT2D eigenvalue weighted by atomic mass is 35.5. The quantitative estimate of drug-likeness (QED) is 0.927. The molecule has 1 aromatic carbocycles. The standard InChI is InChI=1S/C14H20ClNO3S/c1-16-14(13-5-3-4-8-20(13,17)18)11-9-10(15)6-7-12(11)19-2/h6-7,9,13-14,16H,3-5,8H2,1-2H3. The molecule has 1 heterocycles. The molecule has 2 atom stereocenters. The van der Waals surface area contributed by atoms with E-state index in [1.807, 2.05) is 0 Å². The molecule has 0 spiro atoms. The van der Waals surface area contributed by atoms with Gasteiger partial charge >= 0.3 is 0 Å². The van der Waals surface area contributed by atoms with Crippen molar-refractivity contribution in [1.82, 2.24) is 5.32 Å². The van der Waals surface area contributed by atoms with Crippen molar-refractivity contribution in [3.05, 3.63) is 28.8 Å². The molecule has 6 heteroatoms. The largest absolute Gasteiger partial charge is 0.496 e. The number of halogens is 1. The van der Waals surface area contributed by atoms with Crippen LogP contribution in [0.4, 0.5) is 0 Å². The van der Waals surface area contributed by atoms with Gasteiger partial charge in [0.25, 0.3) is 0 Å². The van der Waals surface area contributed by atoms with Crippen LogP contribution in [0.5, 0.6) is 5.75 Å². The summed E-state index contributed by atoms with van der Waals surface area (Å²) >= 11 is 6.05. The van der Waals surface area contributed by atoms with Crippen LogP contribution in [0.25, 0.3) is 0 Å². The summed E-state index contributed by atoms with van der Waals surface area (Å²) < 4.78 is 30.0. The molecule has 20 heavy (non-hydrogen) atoms. The second-order valence-corrected chi connectivity index (χ2v) is 7.83. The van der Waals surface area contributed by atoms with E-state index >= 15 is 0 Å². The van der Waals surface area contributed by atoms with Crippen molar-refractivity contribution in [2.75, 3.05) is 19.9 Å². The van der Waals surface area contributed by atoms with Crippen molar-refractivity contribution >= 4 is 21.4 Å². The predicted octanol–water partition coefficient (Wildman–Crippen LogP) is 2.58. The zero-order chi connectivity index (χ0) is 14.8. The monoisotopic (exact) mass is 317 g/mol. The van der Waals surface area contributed by atoms with Crippen LogP contribution in [0.1, 0.15) is 30.9 Å². The van der Waals surface area contributed by atoms with Crippen LogP contribution in [0.3, 0.4) is 0 Å². The van der Waals surface area contributed by atoms with Gasteiger partial charge in [-0.1, -0.05) is 18.0 Å². The predicted molar refractivity (Wildman–Crippen MR) is 81.2 cm³/mol. The lowest BCUT2D eigenvalue weighted by Gasteiger charge is -2.31. The molecule has 1 aliphatic heterocycles. The van der Waals surface area contributed by atoms with Crippen LogP contribution in [0.2, 0.25) is 5.02 Å². The molecule has 0 saturated carbocycles. The maximum absolute atomic E-state index is 12.3. The van der Waals surface area contributed by atoms with Gasteiger partial charge in [0.15, 0.2) is 9.84 Å². The second kappa shape index (κ2) is 6.33. The van der Waals surface area contributed by atoms with Gasteiger partial charge in [-0.25, -0.2) is 8.42 Å². The van der Waals surface area contributed by atoms with Gasteiger partial charge in [-0.05, 0) is 38.1 Å². The van der Waals surface area contributed by atoms with Crippen molar-refractivity contribution in [3.8, 4) is 5.75 Å². The summed E-state index contributed by atoms with van der Waals surface area (Å²) in [6.07, 6.45) is 2.36. The van der Waals surface area contributed by atoms with Crippen LogP contribution in [-0.4, -0.2) is 33.6 Å². The maximum Gasteiger partial charge on any atom is 0.155 e. The minimum Gasteiger partial charge on any atom is -0.496 e. The number of methoxy groups -OCH3 is 1. The molecule has 0 radical (unpaired) electrons. The first kappa shape index (κ1) is 15.6. The Morgan fingerprint density at radius 2 is 2.15 bits per heavy atom. The highest BCUT2D eigenvalue weighted by Gasteiger charge is 2.36. The summed E-state index contributed by atoms with van der Waals surface area (Å²) in [5.41, 5.74) is 0.804. The third kappa shape index (κ3) is 3.10. The first-order chi connectivity index (χ1) is 9.49. The zero-order valence-electron chi connectivity index (χ0n) is 11.7. The number of hydrogen-bond acceptors (Lipinski definition) is 4. The molecule has 4 nitrogen and oxygen atoms in total. The summed E-state index contributed by atoms with van der Waals surface area (Å²) in [5.74, 6) is 0.924. The Balaban J connectivity index is 2.44. The number of rotatable bonds is 4. The molecule has 0 amide bonds. The average molecular weight is 318 g/mol. The fraction of sp³-hybridized carbons (Fsp3) is 0.571. The summed E-state index contributed by atoms with van der Waals surface area (Å²) in [7, 11) is 0.269. The minimum atomic E-state index is -3.08. The zero-order valence-corrected chi connectivity index (χ0v) is 13.3. The van der Waals surface area contributed by atoms with Crippen LogP contribution in [0, 0.1) is 0 Å². The van der Waals surface area contributed by atoms with E-state index in [0.717, 1.165) is 18.4 Å². The van der Waals surface area contributed by atoms with Crippen molar-refractivity contribution in [1.29, 1.82) is 0 Å². The lowest BCUT2D eigenvalue weighted by Crippen LogP contribution is -2.39. The SMILES string of the molecule is CNC(c1cc(Cl)ccc1OC)C1CCCCS1(=O)=O. The average Bonchev–Trinajstić information content (AvgIpc) is 2.41. The number of benzene rings is 1. The normalized spacial score (nSPS) is 23.2. The highest BCUT2D eigenvalue weighted by molar-refractivity contribution is 7.92. The van der Waals surface area contributed by atoms with E-state index in [0.29, 0.717) is 17.2 Å². The Labute approximate surface area is 125 Å². The van der Waals surface area contributed by atoms with Gasteiger partial charge in [-0.2, -0.15) is 0 Å². The molecule has 2 rings (SSSR count). The third-order valence-electron chi connectivity index (χ3n) is 3.84. The molecular weight excluding hydrogens is 298 g/mol. The lowest BCUT2D eigenvalue weighted by molar-refractivity contribution is 0.394. The first-order valence-corrected chi connectivity index (χ1v) is 8.81. The Morgan fingerprint density at radius 3 is 2.75 bits per heavy atom.